The van der Waals surface area contributed by atoms with E-state index in [4.69, 9.17) is 4.42 Å². The summed E-state index contributed by atoms with van der Waals surface area (Å²) in [6.45, 7) is 1.93. The van der Waals surface area contributed by atoms with Crippen molar-refractivity contribution in [2.75, 3.05) is 0 Å². The molecule has 0 saturated carbocycles. The molecule has 0 saturated heterocycles. The smallest absolute Gasteiger partial charge is 0.294 e. The molecule has 1 N–H and O–H groups in total. The summed E-state index contributed by atoms with van der Waals surface area (Å²) in [5.41, 5.74) is 0.863. The van der Waals surface area contributed by atoms with Crippen LogP contribution in [0.3, 0.4) is 0 Å². The molecule has 1 heterocycles. The van der Waals surface area contributed by atoms with E-state index < -0.39 is 0 Å². The fourth-order valence-electron chi connectivity index (χ4n) is 1.65. The van der Waals surface area contributed by atoms with E-state index in [-0.39, 0.29) is 63.1 Å². The topological polar surface area (TPSA) is 50.4 Å². The van der Waals surface area contributed by atoms with Crippen molar-refractivity contribution in [1.82, 2.24) is 0 Å². The molecule has 16 heavy (non-hydrogen) atoms. The van der Waals surface area contributed by atoms with Crippen LogP contribution in [0, 0.1) is 0 Å². The SMILES string of the molecule is CCCC(=O)c1c(O)oc2ccccc12.[K]. The molecular formula is C12H12KO3. The summed E-state index contributed by atoms with van der Waals surface area (Å²) in [5.74, 6) is -0.338. The number of hydrogen-bond donors (Lipinski definition) is 1. The molecule has 2 aromatic rings. The van der Waals surface area contributed by atoms with Gasteiger partial charge in [-0.25, -0.2) is 0 Å². The fourth-order valence-corrected chi connectivity index (χ4v) is 1.65. The summed E-state index contributed by atoms with van der Waals surface area (Å²) in [6.07, 6.45) is 1.19. The van der Waals surface area contributed by atoms with Gasteiger partial charge in [0.25, 0.3) is 5.95 Å². The van der Waals surface area contributed by atoms with E-state index in [2.05, 4.69) is 0 Å². The molecule has 2 rings (SSSR count). The number of furan rings is 1. The number of benzene rings is 1. The second-order valence-corrected chi connectivity index (χ2v) is 3.45. The first-order valence-electron chi connectivity index (χ1n) is 4.97. The molecule has 0 fully saturated rings. The van der Waals surface area contributed by atoms with Gasteiger partial charge in [-0.3, -0.25) is 4.79 Å². The maximum atomic E-state index is 11.7. The first kappa shape index (κ1) is 13.9. The van der Waals surface area contributed by atoms with E-state index in [1.807, 2.05) is 13.0 Å². The molecule has 0 bridgehead atoms. The Morgan fingerprint density at radius 2 is 2.06 bits per heavy atom. The number of Topliss-reactive ketones (excluding diaryl/α,β-unsaturated/α-hetero) is 1. The Labute approximate surface area is 136 Å². The third kappa shape index (κ3) is 2.57. The van der Waals surface area contributed by atoms with Gasteiger partial charge >= 0.3 is 0 Å². The van der Waals surface area contributed by atoms with Crippen LogP contribution in [0.2, 0.25) is 0 Å². The number of para-hydroxylation sites is 1. The molecule has 0 atom stereocenters. The van der Waals surface area contributed by atoms with Crippen LogP contribution in [0.25, 0.3) is 11.0 Å². The summed E-state index contributed by atoms with van der Waals surface area (Å²) >= 11 is 0. The van der Waals surface area contributed by atoms with Crippen molar-refractivity contribution >= 4 is 68.1 Å². The van der Waals surface area contributed by atoms with Crippen LogP contribution in [0.5, 0.6) is 5.95 Å². The van der Waals surface area contributed by atoms with Crippen molar-refractivity contribution < 1.29 is 14.3 Å². The average molecular weight is 243 g/mol. The van der Waals surface area contributed by atoms with Gasteiger partial charge in [-0.05, 0) is 12.5 Å². The van der Waals surface area contributed by atoms with Gasteiger partial charge in [-0.1, -0.05) is 25.1 Å². The Balaban J connectivity index is 0.00000128. The van der Waals surface area contributed by atoms with Crippen molar-refractivity contribution in [1.29, 1.82) is 0 Å². The van der Waals surface area contributed by atoms with Gasteiger partial charge in [-0.2, -0.15) is 0 Å². The zero-order valence-electron chi connectivity index (χ0n) is 9.49. The van der Waals surface area contributed by atoms with Gasteiger partial charge < -0.3 is 9.52 Å². The molecule has 0 aliphatic rings. The molecule has 1 aromatic heterocycles. The Kier molecular flexibility index (Phi) is 5.20. The van der Waals surface area contributed by atoms with Crippen LogP contribution in [0.4, 0.5) is 0 Å². The Hall–Kier alpha value is -0.134. The van der Waals surface area contributed by atoms with Gasteiger partial charge in [0.05, 0.1) is 0 Å². The van der Waals surface area contributed by atoms with Crippen LogP contribution < -0.4 is 0 Å². The summed E-state index contributed by atoms with van der Waals surface area (Å²) in [5, 5.41) is 10.2. The number of rotatable bonds is 3. The summed E-state index contributed by atoms with van der Waals surface area (Å²) in [4.78, 5) is 11.7. The minimum absolute atomic E-state index is 0. The second kappa shape index (κ2) is 5.98. The zero-order chi connectivity index (χ0) is 10.8. The Morgan fingerprint density at radius 3 is 2.75 bits per heavy atom. The van der Waals surface area contributed by atoms with E-state index in [1.165, 1.54) is 0 Å². The van der Waals surface area contributed by atoms with Crippen LogP contribution >= 0.6 is 0 Å². The minimum Gasteiger partial charge on any atom is -0.480 e. The molecule has 0 aliphatic heterocycles. The summed E-state index contributed by atoms with van der Waals surface area (Å²) in [7, 11) is 0. The van der Waals surface area contributed by atoms with Gasteiger partial charge in [0.15, 0.2) is 5.78 Å². The largest absolute Gasteiger partial charge is 0.480 e. The first-order chi connectivity index (χ1) is 7.24. The molecule has 0 amide bonds. The van der Waals surface area contributed by atoms with E-state index in [1.54, 1.807) is 18.2 Å². The Bertz CT molecular complexity index is 502. The molecular weight excluding hydrogens is 231 g/mol. The first-order valence-corrected chi connectivity index (χ1v) is 4.97. The van der Waals surface area contributed by atoms with Crippen LogP contribution in [0.15, 0.2) is 28.7 Å². The van der Waals surface area contributed by atoms with Crippen LogP contribution in [0.1, 0.15) is 30.1 Å². The quantitative estimate of drug-likeness (QED) is 0.666. The Morgan fingerprint density at radius 1 is 1.38 bits per heavy atom. The molecule has 4 heteroatoms. The number of carbonyl (C=O) groups excluding carboxylic acids is 1. The number of aromatic hydroxyl groups is 1. The van der Waals surface area contributed by atoms with E-state index in [0.29, 0.717) is 23.0 Å². The van der Waals surface area contributed by atoms with Gasteiger partial charge in [-0.15, -0.1) is 0 Å². The van der Waals surface area contributed by atoms with E-state index in [9.17, 15) is 9.90 Å². The number of fused-ring (bicyclic) bond motifs is 1. The molecule has 1 aromatic carbocycles. The molecule has 0 unspecified atom stereocenters. The van der Waals surface area contributed by atoms with Gasteiger partial charge in [0, 0.05) is 63.2 Å². The summed E-state index contributed by atoms with van der Waals surface area (Å²) < 4.78 is 5.10. The van der Waals surface area contributed by atoms with Crippen LogP contribution in [-0.2, 0) is 0 Å². The number of hydrogen-bond acceptors (Lipinski definition) is 3. The van der Waals surface area contributed by atoms with Crippen molar-refractivity contribution in [3.05, 3.63) is 29.8 Å². The van der Waals surface area contributed by atoms with Crippen molar-refractivity contribution in [3.8, 4) is 5.95 Å². The molecule has 3 nitrogen and oxygen atoms in total. The van der Waals surface area contributed by atoms with E-state index in [0.717, 1.165) is 6.42 Å². The molecule has 0 spiro atoms. The van der Waals surface area contributed by atoms with Crippen molar-refractivity contribution in [3.63, 3.8) is 0 Å². The third-order valence-corrected chi connectivity index (χ3v) is 2.33. The fraction of sp³-hybridized carbons (Fsp3) is 0.250. The predicted octanol–water partition coefficient (Wildman–Crippen LogP) is 2.74. The second-order valence-electron chi connectivity index (χ2n) is 3.45. The minimum atomic E-state index is -0.269. The average Bonchev–Trinajstić information content (AvgIpc) is 2.54. The maximum Gasteiger partial charge on any atom is 0.294 e. The monoisotopic (exact) mass is 243 g/mol. The normalized spacial score (nSPS) is 10.1. The van der Waals surface area contributed by atoms with Crippen LogP contribution in [-0.4, -0.2) is 62.3 Å². The number of carbonyl (C=O) groups is 1. The van der Waals surface area contributed by atoms with Crippen molar-refractivity contribution in [2.45, 2.75) is 19.8 Å². The van der Waals surface area contributed by atoms with Crippen molar-refractivity contribution in [2.24, 2.45) is 0 Å². The molecule has 0 aliphatic carbocycles. The standard InChI is InChI=1S/C12H12O3.K/c1-2-5-9(13)11-8-6-3-4-7-10(8)15-12(11)14;/h3-4,6-7,14H,2,5H2,1H3;. The third-order valence-electron chi connectivity index (χ3n) is 2.33. The predicted molar refractivity (Wildman–Crippen MR) is 62.9 cm³/mol. The summed E-state index contributed by atoms with van der Waals surface area (Å²) in [6, 6.07) is 7.14. The van der Waals surface area contributed by atoms with Gasteiger partial charge in [0.1, 0.15) is 11.1 Å². The number of ketones is 1. The molecule has 79 valence electrons. The zero-order valence-corrected chi connectivity index (χ0v) is 12.6. The molecule has 1 radical (unpaired) electrons. The van der Waals surface area contributed by atoms with Gasteiger partial charge in [0.2, 0.25) is 0 Å². The maximum absolute atomic E-state index is 11.7. The van der Waals surface area contributed by atoms with E-state index >= 15 is 0 Å².